The van der Waals surface area contributed by atoms with Crippen LogP contribution in [-0.4, -0.2) is 16.2 Å². The molecule has 0 radical (unpaired) electrons. The maximum atomic E-state index is 9.13. The number of pyridine rings is 1. The highest BCUT2D eigenvalue weighted by Crippen LogP contribution is 2.36. The van der Waals surface area contributed by atoms with E-state index in [0.717, 1.165) is 18.4 Å². The van der Waals surface area contributed by atoms with Gasteiger partial charge in [-0.15, -0.1) is 0 Å². The van der Waals surface area contributed by atoms with Gasteiger partial charge in [-0.1, -0.05) is 0 Å². The topological polar surface area (TPSA) is 56.9 Å². The molecule has 0 saturated heterocycles. The van der Waals surface area contributed by atoms with E-state index in [1.807, 2.05) is 12.1 Å². The molecule has 66 valence electrons. The van der Waals surface area contributed by atoms with Crippen molar-refractivity contribution in [3.63, 3.8) is 0 Å². The van der Waals surface area contributed by atoms with Crippen LogP contribution < -0.4 is 0 Å². The van der Waals surface area contributed by atoms with Crippen LogP contribution in [-0.2, 0) is 0 Å². The Labute approximate surface area is 76.7 Å². The summed E-state index contributed by atoms with van der Waals surface area (Å²) in [6.07, 6.45) is 3.13. The third kappa shape index (κ3) is 1.53. The Morgan fingerprint density at radius 2 is 2.31 bits per heavy atom. The first-order valence-corrected chi connectivity index (χ1v) is 4.33. The zero-order valence-electron chi connectivity index (χ0n) is 7.14. The average Bonchev–Trinajstić information content (AvgIpc) is 2.13. The van der Waals surface area contributed by atoms with Gasteiger partial charge in [0.05, 0.1) is 6.10 Å². The maximum absolute atomic E-state index is 9.13. The van der Waals surface area contributed by atoms with E-state index in [0.29, 0.717) is 11.6 Å². The van der Waals surface area contributed by atoms with Crippen LogP contribution in [0.15, 0.2) is 18.3 Å². The molecular formula is C10H10N2O. The summed E-state index contributed by atoms with van der Waals surface area (Å²) in [5.74, 6) is 0.421. The van der Waals surface area contributed by atoms with E-state index in [-0.39, 0.29) is 6.10 Å². The molecule has 0 aliphatic heterocycles. The van der Waals surface area contributed by atoms with Crippen LogP contribution >= 0.6 is 0 Å². The van der Waals surface area contributed by atoms with Crippen molar-refractivity contribution in [2.45, 2.75) is 24.9 Å². The molecule has 1 N–H and O–H groups in total. The van der Waals surface area contributed by atoms with Gasteiger partial charge in [0.25, 0.3) is 0 Å². The summed E-state index contributed by atoms with van der Waals surface area (Å²) in [4.78, 5) is 3.89. The van der Waals surface area contributed by atoms with Crippen molar-refractivity contribution < 1.29 is 5.11 Å². The van der Waals surface area contributed by atoms with Crippen LogP contribution in [0.2, 0.25) is 0 Å². The fourth-order valence-corrected chi connectivity index (χ4v) is 1.62. The van der Waals surface area contributed by atoms with Crippen LogP contribution in [0.5, 0.6) is 0 Å². The summed E-state index contributed by atoms with van der Waals surface area (Å²) in [5, 5.41) is 17.8. The lowest BCUT2D eigenvalue weighted by Gasteiger charge is -2.31. The van der Waals surface area contributed by atoms with Crippen LogP contribution in [0.1, 0.15) is 30.0 Å². The number of rotatable bonds is 1. The summed E-state index contributed by atoms with van der Waals surface area (Å²) in [6, 6.07) is 5.72. The van der Waals surface area contributed by atoms with Gasteiger partial charge in [-0.3, -0.25) is 0 Å². The molecular weight excluding hydrogens is 164 g/mol. The van der Waals surface area contributed by atoms with Crippen molar-refractivity contribution >= 4 is 0 Å². The number of aliphatic hydroxyl groups is 1. The molecule has 0 spiro atoms. The van der Waals surface area contributed by atoms with Crippen molar-refractivity contribution in [3.05, 3.63) is 29.6 Å². The van der Waals surface area contributed by atoms with Gasteiger partial charge in [0.15, 0.2) is 0 Å². The molecule has 3 heteroatoms. The van der Waals surface area contributed by atoms with Gasteiger partial charge in [0, 0.05) is 6.20 Å². The van der Waals surface area contributed by atoms with E-state index in [4.69, 9.17) is 10.4 Å². The highest BCUT2D eigenvalue weighted by atomic mass is 16.3. The van der Waals surface area contributed by atoms with Gasteiger partial charge in [0.1, 0.15) is 11.8 Å². The van der Waals surface area contributed by atoms with Crippen LogP contribution in [0, 0.1) is 11.3 Å². The molecule has 1 heterocycles. The van der Waals surface area contributed by atoms with Gasteiger partial charge in [-0.2, -0.15) is 5.26 Å². The molecule has 3 nitrogen and oxygen atoms in total. The third-order valence-corrected chi connectivity index (χ3v) is 2.48. The number of aliphatic hydroxyl groups excluding tert-OH is 1. The van der Waals surface area contributed by atoms with E-state index in [1.165, 1.54) is 0 Å². The molecule has 0 amide bonds. The minimum Gasteiger partial charge on any atom is -0.393 e. The summed E-state index contributed by atoms with van der Waals surface area (Å²) in [5.41, 5.74) is 1.58. The molecule has 13 heavy (non-hydrogen) atoms. The first-order valence-electron chi connectivity index (χ1n) is 4.33. The lowest BCUT2D eigenvalue weighted by Crippen LogP contribution is -2.26. The quantitative estimate of drug-likeness (QED) is 0.695. The first kappa shape index (κ1) is 8.21. The van der Waals surface area contributed by atoms with E-state index >= 15 is 0 Å². The van der Waals surface area contributed by atoms with Gasteiger partial charge >= 0.3 is 0 Å². The van der Waals surface area contributed by atoms with Gasteiger partial charge < -0.3 is 5.11 Å². The zero-order valence-corrected chi connectivity index (χ0v) is 7.14. The van der Waals surface area contributed by atoms with Crippen LogP contribution in [0.4, 0.5) is 0 Å². The molecule has 1 fully saturated rings. The van der Waals surface area contributed by atoms with Crippen LogP contribution in [0.25, 0.3) is 0 Å². The SMILES string of the molecule is N#Cc1cc(C2CC(O)C2)ccn1. The zero-order chi connectivity index (χ0) is 9.26. The van der Waals surface area contributed by atoms with Gasteiger partial charge in [-0.25, -0.2) is 4.98 Å². The van der Waals surface area contributed by atoms with Gasteiger partial charge in [-0.05, 0) is 36.5 Å². The lowest BCUT2D eigenvalue weighted by atomic mass is 9.78. The van der Waals surface area contributed by atoms with Crippen molar-refractivity contribution in [3.8, 4) is 6.07 Å². The summed E-state index contributed by atoms with van der Waals surface area (Å²) >= 11 is 0. The smallest absolute Gasteiger partial charge is 0.140 e. The van der Waals surface area contributed by atoms with Crippen molar-refractivity contribution in [1.29, 1.82) is 5.26 Å². The number of aromatic nitrogens is 1. The molecule has 1 aromatic rings. The predicted molar refractivity (Wildman–Crippen MR) is 46.9 cm³/mol. The Morgan fingerprint density at radius 1 is 1.54 bits per heavy atom. The van der Waals surface area contributed by atoms with E-state index in [2.05, 4.69) is 4.98 Å². The Kier molecular flexibility index (Phi) is 1.99. The highest BCUT2D eigenvalue weighted by molar-refractivity contribution is 5.29. The molecule has 1 aromatic heterocycles. The first-order chi connectivity index (χ1) is 6.29. The second kappa shape index (κ2) is 3.15. The van der Waals surface area contributed by atoms with Crippen LogP contribution in [0.3, 0.4) is 0 Å². The van der Waals surface area contributed by atoms with E-state index in [1.54, 1.807) is 12.3 Å². The molecule has 1 aliphatic rings. The average molecular weight is 174 g/mol. The summed E-state index contributed by atoms with van der Waals surface area (Å²) in [6.45, 7) is 0. The fourth-order valence-electron chi connectivity index (χ4n) is 1.62. The lowest BCUT2D eigenvalue weighted by molar-refractivity contribution is 0.0746. The van der Waals surface area contributed by atoms with Crippen molar-refractivity contribution in [2.24, 2.45) is 0 Å². The molecule has 0 bridgehead atoms. The highest BCUT2D eigenvalue weighted by Gasteiger charge is 2.28. The molecule has 0 unspecified atom stereocenters. The van der Waals surface area contributed by atoms with E-state index in [9.17, 15) is 0 Å². The van der Waals surface area contributed by atoms with Crippen molar-refractivity contribution in [2.75, 3.05) is 0 Å². The minimum atomic E-state index is -0.149. The Balaban J connectivity index is 2.18. The summed E-state index contributed by atoms with van der Waals surface area (Å²) in [7, 11) is 0. The Morgan fingerprint density at radius 3 is 2.92 bits per heavy atom. The largest absolute Gasteiger partial charge is 0.393 e. The number of hydrogen-bond acceptors (Lipinski definition) is 3. The fraction of sp³-hybridized carbons (Fsp3) is 0.400. The molecule has 0 aromatic carbocycles. The standard InChI is InChI=1S/C10H10N2O/c11-6-9-3-7(1-2-12-9)8-4-10(13)5-8/h1-3,8,10,13H,4-5H2. The Hall–Kier alpha value is -1.40. The number of nitriles is 1. The van der Waals surface area contributed by atoms with Gasteiger partial charge in [0.2, 0.25) is 0 Å². The monoisotopic (exact) mass is 174 g/mol. The molecule has 0 atom stereocenters. The predicted octanol–water partition coefficient (Wildman–Crippen LogP) is 1.19. The number of nitrogens with zero attached hydrogens (tertiary/aromatic N) is 2. The second-order valence-corrected chi connectivity index (χ2v) is 3.41. The summed E-state index contributed by atoms with van der Waals surface area (Å²) < 4.78 is 0. The van der Waals surface area contributed by atoms with E-state index < -0.39 is 0 Å². The second-order valence-electron chi connectivity index (χ2n) is 3.41. The molecule has 1 aliphatic carbocycles. The normalized spacial score (nSPS) is 26.2. The minimum absolute atomic E-state index is 0.149. The Bertz CT molecular complexity index is 350. The maximum Gasteiger partial charge on any atom is 0.140 e. The molecule has 1 saturated carbocycles. The third-order valence-electron chi connectivity index (χ3n) is 2.48. The number of hydrogen-bond donors (Lipinski definition) is 1. The van der Waals surface area contributed by atoms with Crippen molar-refractivity contribution in [1.82, 2.24) is 4.98 Å². The molecule has 2 rings (SSSR count).